The third-order valence-corrected chi connectivity index (χ3v) is 2.30. The molecule has 0 atom stereocenters. The molecule has 14 heavy (non-hydrogen) atoms. The maximum absolute atomic E-state index is 11.1. The molecule has 0 saturated carbocycles. The van der Waals surface area contributed by atoms with Gasteiger partial charge < -0.3 is 5.73 Å². The van der Waals surface area contributed by atoms with Gasteiger partial charge in [0.05, 0.1) is 0 Å². The molecular weight excluding hydrogens is 174 g/mol. The number of carbonyl (C=O) groups is 1. The average molecular weight is 185 g/mol. The maximum Gasteiger partial charge on any atom is 0.249 e. The Labute approximate surface area is 82.3 Å². The Bertz CT molecular complexity index is 503. The van der Waals surface area contributed by atoms with E-state index in [9.17, 15) is 4.79 Å². The van der Waals surface area contributed by atoms with Crippen molar-refractivity contribution in [1.82, 2.24) is 0 Å². The van der Waals surface area contributed by atoms with Gasteiger partial charge in [0.2, 0.25) is 5.91 Å². The molecular formula is C12H11NO. The predicted molar refractivity (Wildman–Crippen MR) is 57.2 cm³/mol. The molecule has 0 aliphatic carbocycles. The summed E-state index contributed by atoms with van der Waals surface area (Å²) < 4.78 is 0. The van der Waals surface area contributed by atoms with Crippen LogP contribution in [0.3, 0.4) is 0 Å². The normalized spacial score (nSPS) is 10.4. The standard InChI is InChI=1S/C12H11NO/c1-8-5-6-10-9(7-8)3-2-4-11(10)12(13)14/h2-7H,1H3,(H2,13,14). The van der Waals surface area contributed by atoms with Gasteiger partial charge in [0.25, 0.3) is 0 Å². The molecule has 0 saturated heterocycles. The molecule has 2 aromatic rings. The topological polar surface area (TPSA) is 43.1 Å². The van der Waals surface area contributed by atoms with Crippen LogP contribution in [-0.2, 0) is 0 Å². The van der Waals surface area contributed by atoms with Crippen molar-refractivity contribution in [3.63, 3.8) is 0 Å². The van der Waals surface area contributed by atoms with E-state index in [-0.39, 0.29) is 5.91 Å². The zero-order valence-electron chi connectivity index (χ0n) is 7.95. The minimum atomic E-state index is -0.376. The Morgan fingerprint density at radius 2 is 2.00 bits per heavy atom. The Morgan fingerprint density at radius 3 is 2.71 bits per heavy atom. The van der Waals surface area contributed by atoms with Crippen molar-refractivity contribution >= 4 is 16.7 Å². The Morgan fingerprint density at radius 1 is 1.21 bits per heavy atom. The van der Waals surface area contributed by atoms with Gasteiger partial charge in [-0.25, -0.2) is 0 Å². The van der Waals surface area contributed by atoms with Gasteiger partial charge in [-0.05, 0) is 23.8 Å². The number of nitrogens with two attached hydrogens (primary N) is 1. The summed E-state index contributed by atoms with van der Waals surface area (Å²) in [6, 6.07) is 11.5. The van der Waals surface area contributed by atoms with Crippen LogP contribution in [0, 0.1) is 6.92 Å². The monoisotopic (exact) mass is 185 g/mol. The summed E-state index contributed by atoms with van der Waals surface area (Å²) in [6.45, 7) is 2.02. The van der Waals surface area contributed by atoms with Gasteiger partial charge in [0.15, 0.2) is 0 Å². The number of hydrogen-bond donors (Lipinski definition) is 1. The van der Waals surface area contributed by atoms with Crippen LogP contribution in [0.5, 0.6) is 0 Å². The van der Waals surface area contributed by atoms with Crippen molar-refractivity contribution in [2.24, 2.45) is 5.73 Å². The van der Waals surface area contributed by atoms with E-state index in [4.69, 9.17) is 5.73 Å². The molecule has 2 aromatic carbocycles. The SMILES string of the molecule is Cc1ccc2c(C(N)=O)cccc2c1. The fraction of sp³-hybridized carbons (Fsp3) is 0.0833. The molecule has 0 heterocycles. The molecule has 2 heteroatoms. The lowest BCUT2D eigenvalue weighted by atomic mass is 10.0. The summed E-state index contributed by atoms with van der Waals surface area (Å²) in [5.74, 6) is -0.376. The fourth-order valence-corrected chi connectivity index (χ4v) is 1.62. The van der Waals surface area contributed by atoms with Crippen LogP contribution < -0.4 is 5.73 Å². The minimum Gasteiger partial charge on any atom is -0.366 e. The van der Waals surface area contributed by atoms with Crippen molar-refractivity contribution in [2.45, 2.75) is 6.92 Å². The Kier molecular flexibility index (Phi) is 1.97. The van der Waals surface area contributed by atoms with Gasteiger partial charge in [0, 0.05) is 5.56 Å². The molecule has 0 bridgehead atoms. The molecule has 0 aliphatic heterocycles. The van der Waals surface area contributed by atoms with Crippen molar-refractivity contribution in [3.8, 4) is 0 Å². The average Bonchev–Trinajstić information content (AvgIpc) is 2.16. The maximum atomic E-state index is 11.1. The lowest BCUT2D eigenvalue weighted by Crippen LogP contribution is -2.11. The number of hydrogen-bond acceptors (Lipinski definition) is 1. The lowest BCUT2D eigenvalue weighted by molar-refractivity contribution is 0.100. The van der Waals surface area contributed by atoms with Crippen LogP contribution >= 0.6 is 0 Å². The summed E-state index contributed by atoms with van der Waals surface area (Å²) in [5.41, 5.74) is 7.04. The zero-order chi connectivity index (χ0) is 10.1. The second kappa shape index (κ2) is 3.14. The predicted octanol–water partition coefficient (Wildman–Crippen LogP) is 2.25. The summed E-state index contributed by atoms with van der Waals surface area (Å²) >= 11 is 0. The second-order valence-corrected chi connectivity index (χ2v) is 3.39. The van der Waals surface area contributed by atoms with E-state index < -0.39 is 0 Å². The minimum absolute atomic E-state index is 0.376. The van der Waals surface area contributed by atoms with Gasteiger partial charge in [-0.3, -0.25) is 4.79 Å². The van der Waals surface area contributed by atoms with Crippen molar-refractivity contribution in [2.75, 3.05) is 0 Å². The number of aryl methyl sites for hydroxylation is 1. The fourth-order valence-electron chi connectivity index (χ4n) is 1.62. The molecule has 0 unspecified atom stereocenters. The number of carbonyl (C=O) groups excluding carboxylic acids is 1. The van der Waals surface area contributed by atoms with Crippen LogP contribution in [0.1, 0.15) is 15.9 Å². The number of rotatable bonds is 1. The highest BCUT2D eigenvalue weighted by atomic mass is 16.1. The van der Waals surface area contributed by atoms with Gasteiger partial charge in [-0.15, -0.1) is 0 Å². The smallest absolute Gasteiger partial charge is 0.249 e. The summed E-state index contributed by atoms with van der Waals surface area (Å²) in [7, 11) is 0. The molecule has 1 amide bonds. The first-order chi connectivity index (χ1) is 6.68. The third kappa shape index (κ3) is 1.35. The molecule has 0 spiro atoms. The van der Waals surface area contributed by atoms with Crippen LogP contribution in [-0.4, -0.2) is 5.91 Å². The molecule has 70 valence electrons. The highest BCUT2D eigenvalue weighted by molar-refractivity contribution is 6.06. The van der Waals surface area contributed by atoms with Crippen molar-refractivity contribution < 1.29 is 4.79 Å². The van der Waals surface area contributed by atoms with E-state index in [2.05, 4.69) is 0 Å². The van der Waals surface area contributed by atoms with Gasteiger partial charge >= 0.3 is 0 Å². The zero-order valence-corrected chi connectivity index (χ0v) is 7.95. The van der Waals surface area contributed by atoms with Crippen LogP contribution in [0.4, 0.5) is 0 Å². The number of amides is 1. The lowest BCUT2D eigenvalue weighted by Gasteiger charge is -2.03. The first kappa shape index (κ1) is 8.75. The van der Waals surface area contributed by atoms with E-state index in [0.29, 0.717) is 5.56 Å². The third-order valence-electron chi connectivity index (χ3n) is 2.30. The summed E-state index contributed by atoms with van der Waals surface area (Å²) in [4.78, 5) is 11.1. The summed E-state index contributed by atoms with van der Waals surface area (Å²) in [5, 5.41) is 1.98. The van der Waals surface area contributed by atoms with Crippen molar-refractivity contribution in [3.05, 3.63) is 47.5 Å². The highest BCUT2D eigenvalue weighted by Crippen LogP contribution is 2.19. The highest BCUT2D eigenvalue weighted by Gasteiger charge is 2.04. The summed E-state index contributed by atoms with van der Waals surface area (Å²) in [6.07, 6.45) is 0. The first-order valence-corrected chi connectivity index (χ1v) is 4.47. The van der Waals surface area contributed by atoms with Crippen molar-refractivity contribution in [1.29, 1.82) is 0 Å². The number of benzene rings is 2. The van der Waals surface area contributed by atoms with Crippen LogP contribution in [0.2, 0.25) is 0 Å². The van der Waals surface area contributed by atoms with E-state index >= 15 is 0 Å². The molecule has 2 rings (SSSR count). The molecule has 0 aliphatic rings. The van der Waals surface area contributed by atoms with Gasteiger partial charge in [-0.1, -0.05) is 35.9 Å². The van der Waals surface area contributed by atoms with E-state index in [1.807, 2.05) is 37.3 Å². The van der Waals surface area contributed by atoms with E-state index in [1.165, 1.54) is 5.56 Å². The quantitative estimate of drug-likeness (QED) is 0.727. The number of primary amides is 1. The first-order valence-electron chi connectivity index (χ1n) is 4.47. The Hall–Kier alpha value is -1.83. The van der Waals surface area contributed by atoms with E-state index in [0.717, 1.165) is 10.8 Å². The van der Waals surface area contributed by atoms with Gasteiger partial charge in [0.1, 0.15) is 0 Å². The number of fused-ring (bicyclic) bond motifs is 1. The second-order valence-electron chi connectivity index (χ2n) is 3.39. The molecule has 0 radical (unpaired) electrons. The van der Waals surface area contributed by atoms with Crippen LogP contribution in [0.15, 0.2) is 36.4 Å². The molecule has 2 N–H and O–H groups in total. The Balaban J connectivity index is 2.81. The van der Waals surface area contributed by atoms with E-state index in [1.54, 1.807) is 6.07 Å². The molecule has 0 aromatic heterocycles. The van der Waals surface area contributed by atoms with Gasteiger partial charge in [-0.2, -0.15) is 0 Å². The van der Waals surface area contributed by atoms with Crippen LogP contribution in [0.25, 0.3) is 10.8 Å². The molecule has 2 nitrogen and oxygen atoms in total. The largest absolute Gasteiger partial charge is 0.366 e. The molecule has 0 fully saturated rings.